The van der Waals surface area contributed by atoms with E-state index in [4.69, 9.17) is 5.73 Å². The number of aromatic nitrogens is 3. The molecule has 6 nitrogen and oxygen atoms in total. The van der Waals surface area contributed by atoms with Crippen LogP contribution < -0.4 is 5.73 Å². The third-order valence-electron chi connectivity index (χ3n) is 1.88. The van der Waals surface area contributed by atoms with E-state index in [2.05, 4.69) is 15.0 Å². The molecular formula is C12H15N5O. The van der Waals surface area contributed by atoms with E-state index in [0.717, 1.165) is 17.7 Å². The maximum atomic E-state index is 9.43. The molecule has 1 amide bonds. The molecule has 2 aromatic rings. The van der Waals surface area contributed by atoms with E-state index in [1.54, 1.807) is 32.6 Å². The average molecular weight is 245 g/mol. The zero-order chi connectivity index (χ0) is 13.4. The van der Waals surface area contributed by atoms with E-state index in [1.165, 1.54) is 11.2 Å². The van der Waals surface area contributed by atoms with Crippen molar-refractivity contribution in [2.75, 3.05) is 19.8 Å². The molecule has 0 aliphatic rings. The molecule has 0 atom stereocenters. The van der Waals surface area contributed by atoms with Crippen molar-refractivity contribution in [1.82, 2.24) is 19.9 Å². The number of hydrogen-bond donors (Lipinski definition) is 1. The predicted molar refractivity (Wildman–Crippen MR) is 69.4 cm³/mol. The molecule has 0 aromatic carbocycles. The Morgan fingerprint density at radius 2 is 1.83 bits per heavy atom. The maximum absolute atomic E-state index is 9.43. The van der Waals surface area contributed by atoms with Gasteiger partial charge in [0.05, 0.1) is 5.69 Å². The summed E-state index contributed by atoms with van der Waals surface area (Å²) in [5, 5.41) is 0. The summed E-state index contributed by atoms with van der Waals surface area (Å²) in [5.41, 5.74) is 7.33. The summed E-state index contributed by atoms with van der Waals surface area (Å²) in [6, 6.07) is 5.48. The predicted octanol–water partition coefficient (Wildman–Crippen LogP) is 0.825. The molecule has 6 heteroatoms. The van der Waals surface area contributed by atoms with E-state index in [9.17, 15) is 4.79 Å². The maximum Gasteiger partial charge on any atom is 0.209 e. The van der Waals surface area contributed by atoms with Crippen LogP contribution in [-0.2, 0) is 4.79 Å². The number of nitrogens with two attached hydrogens (primary N) is 1. The first-order valence-corrected chi connectivity index (χ1v) is 5.23. The van der Waals surface area contributed by atoms with Gasteiger partial charge in [-0.3, -0.25) is 9.78 Å². The molecule has 0 aliphatic carbocycles. The highest BCUT2D eigenvalue weighted by Gasteiger charge is 1.97. The van der Waals surface area contributed by atoms with Gasteiger partial charge in [0.1, 0.15) is 12.1 Å². The average Bonchev–Trinajstić information content (AvgIpc) is 2.40. The fourth-order valence-electron chi connectivity index (χ4n) is 1.05. The highest BCUT2D eigenvalue weighted by atomic mass is 16.1. The van der Waals surface area contributed by atoms with Gasteiger partial charge < -0.3 is 10.6 Å². The Kier molecular flexibility index (Phi) is 5.24. The molecule has 2 heterocycles. The molecule has 0 saturated carbocycles. The number of nitrogens with zero attached hydrogens (tertiary/aromatic N) is 4. The minimum Gasteiger partial charge on any atom is -0.384 e. The summed E-state index contributed by atoms with van der Waals surface area (Å²) in [6.07, 6.45) is 5.63. The number of rotatable bonds is 2. The lowest BCUT2D eigenvalue weighted by molar-refractivity contribution is -0.115. The van der Waals surface area contributed by atoms with E-state index >= 15 is 0 Å². The summed E-state index contributed by atoms with van der Waals surface area (Å²) in [7, 11) is 3.38. The second kappa shape index (κ2) is 6.95. The van der Waals surface area contributed by atoms with Crippen molar-refractivity contribution in [3.05, 3.63) is 36.9 Å². The van der Waals surface area contributed by atoms with Crippen molar-refractivity contribution in [3.8, 4) is 11.3 Å². The number of amides is 1. The second-order valence-corrected chi connectivity index (χ2v) is 3.63. The summed E-state index contributed by atoms with van der Waals surface area (Å²) in [5.74, 6) is 0.474. The summed E-state index contributed by atoms with van der Waals surface area (Å²) in [6.45, 7) is 0. The number of carbonyl (C=O) groups is 1. The van der Waals surface area contributed by atoms with Gasteiger partial charge in [-0.05, 0) is 12.1 Å². The topological polar surface area (TPSA) is 85.0 Å². The van der Waals surface area contributed by atoms with E-state index in [0.29, 0.717) is 5.82 Å². The Morgan fingerprint density at radius 3 is 2.33 bits per heavy atom. The van der Waals surface area contributed by atoms with Crippen LogP contribution in [0.2, 0.25) is 0 Å². The summed E-state index contributed by atoms with van der Waals surface area (Å²) in [4.78, 5) is 22.7. The van der Waals surface area contributed by atoms with Crippen molar-refractivity contribution >= 4 is 12.2 Å². The van der Waals surface area contributed by atoms with Gasteiger partial charge in [0.15, 0.2) is 0 Å². The van der Waals surface area contributed by atoms with Crippen molar-refractivity contribution in [2.24, 2.45) is 0 Å². The van der Waals surface area contributed by atoms with Gasteiger partial charge in [-0.2, -0.15) is 0 Å². The van der Waals surface area contributed by atoms with E-state index in [1.807, 2.05) is 12.1 Å². The largest absolute Gasteiger partial charge is 0.384 e. The lowest BCUT2D eigenvalue weighted by atomic mass is 10.2. The Hall–Kier alpha value is -2.50. The lowest BCUT2D eigenvalue weighted by Gasteiger charge is -1.99. The zero-order valence-corrected chi connectivity index (χ0v) is 10.3. The number of anilines is 1. The quantitative estimate of drug-likeness (QED) is 0.792. The Labute approximate surface area is 106 Å². The fraction of sp³-hybridized carbons (Fsp3) is 0.167. The van der Waals surface area contributed by atoms with Crippen LogP contribution in [0.3, 0.4) is 0 Å². The van der Waals surface area contributed by atoms with Crippen LogP contribution in [0.4, 0.5) is 5.82 Å². The molecule has 0 bridgehead atoms. The van der Waals surface area contributed by atoms with Crippen molar-refractivity contribution in [3.63, 3.8) is 0 Å². The first-order valence-electron chi connectivity index (χ1n) is 5.23. The monoisotopic (exact) mass is 245 g/mol. The molecule has 0 aliphatic heterocycles. The SMILES string of the molecule is CN(C)C=O.Nc1cc(-c2ccncc2)ncn1. The molecule has 0 fully saturated rings. The van der Waals surface area contributed by atoms with Gasteiger partial charge in [-0.15, -0.1) is 0 Å². The van der Waals surface area contributed by atoms with Crippen molar-refractivity contribution in [2.45, 2.75) is 0 Å². The molecule has 0 spiro atoms. The Balaban J connectivity index is 0.000000280. The molecular weight excluding hydrogens is 230 g/mol. The van der Waals surface area contributed by atoms with Crippen LogP contribution >= 0.6 is 0 Å². The van der Waals surface area contributed by atoms with Gasteiger partial charge >= 0.3 is 0 Å². The van der Waals surface area contributed by atoms with Crippen LogP contribution in [0.15, 0.2) is 36.9 Å². The minimum atomic E-state index is 0.474. The standard InChI is InChI=1S/C9H8N4.C3H7NO/c10-9-5-8(12-6-13-9)7-1-3-11-4-2-7;1-4(2)3-5/h1-6H,(H2,10,12,13);3H,1-2H3. The third-order valence-corrected chi connectivity index (χ3v) is 1.88. The van der Waals surface area contributed by atoms with Gasteiger partial charge in [0, 0.05) is 38.1 Å². The van der Waals surface area contributed by atoms with Crippen LogP contribution in [0.5, 0.6) is 0 Å². The number of hydrogen-bond acceptors (Lipinski definition) is 5. The number of pyridine rings is 1. The van der Waals surface area contributed by atoms with Gasteiger partial charge in [0.25, 0.3) is 0 Å². The molecule has 18 heavy (non-hydrogen) atoms. The highest BCUT2D eigenvalue weighted by molar-refractivity contribution is 5.60. The molecule has 0 unspecified atom stereocenters. The fourth-order valence-corrected chi connectivity index (χ4v) is 1.05. The van der Waals surface area contributed by atoms with Crippen molar-refractivity contribution < 1.29 is 4.79 Å². The Morgan fingerprint density at radius 1 is 1.22 bits per heavy atom. The lowest BCUT2D eigenvalue weighted by Crippen LogP contribution is -2.06. The first-order chi connectivity index (χ1) is 8.63. The molecule has 2 aromatic heterocycles. The van der Waals surface area contributed by atoms with Crippen LogP contribution in [0.25, 0.3) is 11.3 Å². The Bertz CT molecular complexity index is 487. The molecule has 2 rings (SSSR count). The van der Waals surface area contributed by atoms with Gasteiger partial charge in [-0.25, -0.2) is 9.97 Å². The van der Waals surface area contributed by atoms with Crippen LogP contribution in [0.1, 0.15) is 0 Å². The number of nitrogen functional groups attached to an aromatic ring is 1. The van der Waals surface area contributed by atoms with Gasteiger partial charge in [0.2, 0.25) is 6.41 Å². The molecule has 0 saturated heterocycles. The van der Waals surface area contributed by atoms with Crippen LogP contribution in [0, 0.1) is 0 Å². The van der Waals surface area contributed by atoms with Crippen LogP contribution in [-0.4, -0.2) is 40.4 Å². The first kappa shape index (κ1) is 13.6. The van der Waals surface area contributed by atoms with Crippen molar-refractivity contribution in [1.29, 1.82) is 0 Å². The summed E-state index contributed by atoms with van der Waals surface area (Å²) < 4.78 is 0. The third kappa shape index (κ3) is 4.56. The van der Waals surface area contributed by atoms with E-state index < -0.39 is 0 Å². The highest BCUT2D eigenvalue weighted by Crippen LogP contribution is 2.15. The normalized spacial score (nSPS) is 9.00. The molecule has 2 N–H and O–H groups in total. The zero-order valence-electron chi connectivity index (χ0n) is 10.3. The molecule has 94 valence electrons. The van der Waals surface area contributed by atoms with Gasteiger partial charge in [-0.1, -0.05) is 0 Å². The van der Waals surface area contributed by atoms with E-state index in [-0.39, 0.29) is 0 Å². The minimum absolute atomic E-state index is 0.474. The smallest absolute Gasteiger partial charge is 0.209 e. The molecule has 0 radical (unpaired) electrons. The second-order valence-electron chi connectivity index (χ2n) is 3.63. The number of carbonyl (C=O) groups excluding carboxylic acids is 1. The summed E-state index contributed by atoms with van der Waals surface area (Å²) >= 11 is 0.